The van der Waals surface area contributed by atoms with Crippen molar-refractivity contribution < 1.29 is 9.47 Å². The molecule has 0 radical (unpaired) electrons. The molecule has 5 heteroatoms. The Kier molecular flexibility index (Phi) is 6.88. The third-order valence-electron chi connectivity index (χ3n) is 3.75. The summed E-state index contributed by atoms with van der Waals surface area (Å²) in [6.07, 6.45) is 0.849. The number of nitrogens with one attached hydrogen (secondary N) is 2. The molecule has 0 aliphatic rings. The van der Waals surface area contributed by atoms with Gasteiger partial charge in [0.2, 0.25) is 0 Å². The molecular formula is C19H24N2O2S. The predicted molar refractivity (Wildman–Crippen MR) is 102 cm³/mol. The van der Waals surface area contributed by atoms with Crippen LogP contribution in [0.3, 0.4) is 0 Å². The second-order valence-corrected chi connectivity index (χ2v) is 5.89. The second-order valence-electron chi connectivity index (χ2n) is 5.49. The van der Waals surface area contributed by atoms with E-state index in [2.05, 4.69) is 29.7 Å². The van der Waals surface area contributed by atoms with Crippen LogP contribution in [0.2, 0.25) is 0 Å². The number of para-hydroxylation sites is 1. The fourth-order valence-corrected chi connectivity index (χ4v) is 2.67. The summed E-state index contributed by atoms with van der Waals surface area (Å²) in [5, 5.41) is 7.07. The molecule has 2 N–H and O–H groups in total. The van der Waals surface area contributed by atoms with Gasteiger partial charge in [-0.3, -0.25) is 0 Å². The Labute approximate surface area is 149 Å². The first kappa shape index (κ1) is 18.1. The molecule has 0 aliphatic carbocycles. The molecule has 0 heterocycles. The van der Waals surface area contributed by atoms with E-state index in [0.717, 1.165) is 30.0 Å². The van der Waals surface area contributed by atoms with E-state index in [4.69, 9.17) is 21.7 Å². The van der Waals surface area contributed by atoms with Gasteiger partial charge in [-0.15, -0.1) is 0 Å². The molecule has 0 bridgehead atoms. The van der Waals surface area contributed by atoms with Gasteiger partial charge in [-0.1, -0.05) is 35.9 Å². The van der Waals surface area contributed by atoms with Crippen molar-refractivity contribution in [3.05, 3.63) is 59.2 Å². The lowest BCUT2D eigenvalue weighted by atomic mass is 10.1. The molecule has 0 aliphatic heterocycles. The Morgan fingerprint density at radius 2 is 1.67 bits per heavy atom. The molecule has 2 aromatic carbocycles. The monoisotopic (exact) mass is 344 g/mol. The van der Waals surface area contributed by atoms with Crippen molar-refractivity contribution >= 4 is 17.3 Å². The molecule has 0 saturated heterocycles. The Hall–Kier alpha value is -2.27. The van der Waals surface area contributed by atoms with Crippen LogP contribution in [-0.4, -0.2) is 25.9 Å². The summed E-state index contributed by atoms with van der Waals surface area (Å²) in [4.78, 5) is 0. The number of hydrogen-bond donors (Lipinski definition) is 2. The lowest BCUT2D eigenvalue weighted by molar-refractivity contribution is 0.409. The second kappa shape index (κ2) is 9.13. The normalized spacial score (nSPS) is 10.1. The topological polar surface area (TPSA) is 42.5 Å². The first-order chi connectivity index (χ1) is 11.6. The van der Waals surface area contributed by atoms with Crippen LogP contribution in [0.4, 0.5) is 0 Å². The van der Waals surface area contributed by atoms with Gasteiger partial charge in [0.15, 0.2) is 5.11 Å². The maximum atomic E-state index is 5.40. The average Bonchev–Trinajstić information content (AvgIpc) is 2.60. The summed E-state index contributed by atoms with van der Waals surface area (Å²) in [5.41, 5.74) is 3.48. The summed E-state index contributed by atoms with van der Waals surface area (Å²) < 4.78 is 10.7. The van der Waals surface area contributed by atoms with Gasteiger partial charge in [-0.2, -0.15) is 0 Å². The number of aryl methyl sites for hydroxylation is 1. The maximum absolute atomic E-state index is 5.40. The van der Waals surface area contributed by atoms with Crippen LogP contribution in [-0.2, 0) is 13.0 Å². The number of benzene rings is 2. The lowest BCUT2D eigenvalue weighted by Gasteiger charge is -2.14. The fourth-order valence-electron chi connectivity index (χ4n) is 2.50. The van der Waals surface area contributed by atoms with E-state index in [-0.39, 0.29) is 0 Å². The van der Waals surface area contributed by atoms with Crippen molar-refractivity contribution in [2.75, 3.05) is 20.8 Å². The zero-order chi connectivity index (χ0) is 17.4. The zero-order valence-corrected chi connectivity index (χ0v) is 15.2. The van der Waals surface area contributed by atoms with Gasteiger partial charge in [0.25, 0.3) is 0 Å². The summed E-state index contributed by atoms with van der Waals surface area (Å²) in [7, 11) is 3.37. The molecular weight excluding hydrogens is 320 g/mol. The number of methoxy groups -OCH3 is 2. The predicted octanol–water partition coefficient (Wildman–Crippen LogP) is 3.22. The molecule has 2 rings (SSSR count). The average molecular weight is 344 g/mol. The largest absolute Gasteiger partial charge is 0.496 e. The number of ether oxygens (including phenoxy) is 2. The fraction of sp³-hybridized carbons (Fsp3) is 0.316. The van der Waals surface area contributed by atoms with Crippen LogP contribution in [0, 0.1) is 6.92 Å². The standard InChI is InChI=1S/C19H24N2O2S/c1-14-8-9-18(23-3)15(12-14)10-11-20-19(24)21-13-16-6-4-5-7-17(16)22-2/h4-9,12H,10-11,13H2,1-3H3,(H2,20,21,24). The van der Waals surface area contributed by atoms with E-state index >= 15 is 0 Å². The van der Waals surface area contributed by atoms with Crippen molar-refractivity contribution in [2.45, 2.75) is 19.9 Å². The molecule has 2 aromatic rings. The minimum absolute atomic E-state index is 0.629. The third kappa shape index (κ3) is 5.13. The zero-order valence-electron chi connectivity index (χ0n) is 14.4. The number of rotatable bonds is 7. The van der Waals surface area contributed by atoms with Crippen LogP contribution in [0.1, 0.15) is 16.7 Å². The van der Waals surface area contributed by atoms with Gasteiger partial charge in [0, 0.05) is 18.7 Å². The SMILES string of the molecule is COc1ccc(C)cc1CCNC(=S)NCc1ccccc1OC. The first-order valence-electron chi connectivity index (χ1n) is 7.91. The molecule has 0 unspecified atom stereocenters. The third-order valence-corrected chi connectivity index (χ3v) is 4.04. The minimum Gasteiger partial charge on any atom is -0.496 e. The van der Waals surface area contributed by atoms with E-state index in [9.17, 15) is 0 Å². The lowest BCUT2D eigenvalue weighted by Crippen LogP contribution is -2.36. The first-order valence-corrected chi connectivity index (χ1v) is 8.32. The molecule has 0 amide bonds. The van der Waals surface area contributed by atoms with Crippen molar-refractivity contribution in [2.24, 2.45) is 0 Å². The van der Waals surface area contributed by atoms with E-state index in [1.807, 2.05) is 30.3 Å². The molecule has 0 atom stereocenters. The summed E-state index contributed by atoms with van der Waals surface area (Å²) in [5.74, 6) is 1.77. The van der Waals surface area contributed by atoms with E-state index in [0.29, 0.717) is 11.7 Å². The van der Waals surface area contributed by atoms with Crippen molar-refractivity contribution in [1.29, 1.82) is 0 Å². The quantitative estimate of drug-likeness (QED) is 0.755. The summed E-state index contributed by atoms with van der Waals surface area (Å²) in [6, 6.07) is 14.1. The highest BCUT2D eigenvalue weighted by molar-refractivity contribution is 7.80. The molecule has 0 aromatic heterocycles. The van der Waals surface area contributed by atoms with Crippen LogP contribution >= 0.6 is 12.2 Å². The molecule has 4 nitrogen and oxygen atoms in total. The highest BCUT2D eigenvalue weighted by atomic mass is 32.1. The van der Waals surface area contributed by atoms with Gasteiger partial charge in [0.05, 0.1) is 14.2 Å². The number of hydrogen-bond acceptors (Lipinski definition) is 3. The van der Waals surface area contributed by atoms with Gasteiger partial charge < -0.3 is 20.1 Å². The van der Waals surface area contributed by atoms with Crippen LogP contribution in [0.5, 0.6) is 11.5 Å². The Morgan fingerprint density at radius 1 is 0.958 bits per heavy atom. The highest BCUT2D eigenvalue weighted by Gasteiger charge is 2.05. The van der Waals surface area contributed by atoms with Crippen LogP contribution < -0.4 is 20.1 Å². The summed E-state index contributed by atoms with van der Waals surface area (Å²) >= 11 is 5.34. The van der Waals surface area contributed by atoms with Crippen molar-refractivity contribution in [1.82, 2.24) is 10.6 Å². The number of thiocarbonyl (C=S) groups is 1. The van der Waals surface area contributed by atoms with Gasteiger partial charge in [-0.05, 0) is 43.3 Å². The van der Waals surface area contributed by atoms with E-state index < -0.39 is 0 Å². The Morgan fingerprint density at radius 3 is 2.42 bits per heavy atom. The van der Waals surface area contributed by atoms with Gasteiger partial charge in [-0.25, -0.2) is 0 Å². The minimum atomic E-state index is 0.629. The van der Waals surface area contributed by atoms with Gasteiger partial charge >= 0.3 is 0 Å². The molecule has 0 spiro atoms. The van der Waals surface area contributed by atoms with Crippen LogP contribution in [0.25, 0.3) is 0 Å². The van der Waals surface area contributed by atoms with Crippen molar-refractivity contribution in [3.63, 3.8) is 0 Å². The molecule has 24 heavy (non-hydrogen) atoms. The summed E-state index contributed by atoms with van der Waals surface area (Å²) in [6.45, 7) is 3.46. The maximum Gasteiger partial charge on any atom is 0.166 e. The molecule has 128 valence electrons. The van der Waals surface area contributed by atoms with E-state index in [1.54, 1.807) is 14.2 Å². The Balaban J connectivity index is 1.80. The Bertz CT molecular complexity index is 689. The highest BCUT2D eigenvalue weighted by Crippen LogP contribution is 2.20. The van der Waals surface area contributed by atoms with Crippen molar-refractivity contribution in [3.8, 4) is 11.5 Å². The molecule has 0 fully saturated rings. The van der Waals surface area contributed by atoms with Gasteiger partial charge in [0.1, 0.15) is 11.5 Å². The molecule has 0 saturated carbocycles. The van der Waals surface area contributed by atoms with Crippen LogP contribution in [0.15, 0.2) is 42.5 Å². The smallest absolute Gasteiger partial charge is 0.166 e. The van der Waals surface area contributed by atoms with E-state index in [1.165, 1.54) is 11.1 Å².